The van der Waals surface area contributed by atoms with Crippen LogP contribution in [-0.2, 0) is 24.0 Å². The summed E-state index contributed by atoms with van der Waals surface area (Å²) in [5, 5.41) is 34.5. The van der Waals surface area contributed by atoms with Gasteiger partial charge in [0.25, 0.3) is 0 Å². The Morgan fingerprint density at radius 1 is 0.767 bits per heavy atom. The normalized spacial score (nSPS) is 16.2. The number of rotatable bonds is 12. The highest BCUT2D eigenvalue weighted by molar-refractivity contribution is 5.95. The topological polar surface area (TPSA) is 208 Å². The van der Waals surface area contributed by atoms with Crippen LogP contribution in [0.1, 0.15) is 41.0 Å². The number of nitrogens with two attached hydrogens (primary N) is 1. The summed E-state index contributed by atoms with van der Waals surface area (Å²) >= 11 is 0. The van der Waals surface area contributed by atoms with Crippen LogP contribution in [0.2, 0.25) is 0 Å². The second-order valence-corrected chi connectivity index (χ2v) is 7.72. The van der Waals surface area contributed by atoms with E-state index in [9.17, 15) is 34.2 Å². The van der Waals surface area contributed by atoms with Gasteiger partial charge in [-0.15, -0.1) is 0 Å². The van der Waals surface area contributed by atoms with Gasteiger partial charge in [-0.1, -0.05) is 27.7 Å². The predicted octanol–water partition coefficient (Wildman–Crippen LogP) is -1.98. The minimum absolute atomic E-state index is 0.467. The molecule has 0 aliphatic carbocycles. The lowest BCUT2D eigenvalue weighted by Gasteiger charge is -2.27. The second-order valence-electron chi connectivity index (χ2n) is 7.72. The number of aliphatic hydroxyl groups is 1. The number of carbonyl (C=O) groups is 5. The molecular formula is C18H32N4O8. The second kappa shape index (κ2) is 12.1. The predicted molar refractivity (Wildman–Crippen MR) is 105 cm³/mol. The summed E-state index contributed by atoms with van der Waals surface area (Å²) in [5.41, 5.74) is 5.54. The highest BCUT2D eigenvalue weighted by atomic mass is 16.4. The van der Waals surface area contributed by atoms with Crippen molar-refractivity contribution < 1.29 is 39.3 Å². The molecule has 0 bridgehead atoms. The highest BCUT2D eigenvalue weighted by Crippen LogP contribution is 2.07. The molecule has 12 heteroatoms. The number of carbonyl (C=O) groups excluding carboxylic acids is 3. The highest BCUT2D eigenvalue weighted by Gasteiger charge is 2.33. The SMILES string of the molecule is CC(C)C(NC(=O)C(CC(=O)O)NC(=O)C(NC(=O)C(N)C(C)O)C(C)C)C(=O)O. The Bertz CT molecular complexity index is 650. The van der Waals surface area contributed by atoms with Crippen molar-refractivity contribution >= 4 is 29.7 Å². The van der Waals surface area contributed by atoms with E-state index in [1.54, 1.807) is 27.7 Å². The van der Waals surface area contributed by atoms with Gasteiger partial charge in [-0.25, -0.2) is 4.79 Å². The zero-order valence-electron chi connectivity index (χ0n) is 17.7. The fraction of sp³-hybridized carbons (Fsp3) is 0.722. The van der Waals surface area contributed by atoms with Gasteiger partial charge in [0.05, 0.1) is 12.5 Å². The van der Waals surface area contributed by atoms with Crippen LogP contribution in [-0.4, -0.2) is 75.3 Å². The summed E-state index contributed by atoms with van der Waals surface area (Å²) in [6, 6.07) is -5.32. The molecule has 0 rings (SSSR count). The zero-order valence-corrected chi connectivity index (χ0v) is 17.7. The van der Waals surface area contributed by atoms with E-state index < -0.39 is 78.2 Å². The van der Waals surface area contributed by atoms with E-state index in [-0.39, 0.29) is 0 Å². The lowest BCUT2D eigenvalue weighted by molar-refractivity contribution is -0.144. The van der Waals surface area contributed by atoms with E-state index in [2.05, 4.69) is 16.0 Å². The number of aliphatic hydroxyl groups excluding tert-OH is 1. The Balaban J connectivity index is 5.47. The van der Waals surface area contributed by atoms with Crippen molar-refractivity contribution in [2.75, 3.05) is 0 Å². The average Bonchev–Trinajstić information content (AvgIpc) is 2.60. The van der Waals surface area contributed by atoms with E-state index >= 15 is 0 Å². The van der Waals surface area contributed by atoms with E-state index in [1.165, 1.54) is 6.92 Å². The first kappa shape index (κ1) is 27.3. The summed E-state index contributed by atoms with van der Waals surface area (Å²) in [5.74, 6) is -6.30. The van der Waals surface area contributed by atoms with E-state index in [1.807, 2.05) is 0 Å². The summed E-state index contributed by atoms with van der Waals surface area (Å²) in [6.07, 6.45) is -1.97. The lowest BCUT2D eigenvalue weighted by Crippen LogP contribution is -2.60. The van der Waals surface area contributed by atoms with Crippen LogP contribution in [0.3, 0.4) is 0 Å². The number of nitrogens with one attached hydrogen (secondary N) is 3. The molecule has 0 saturated carbocycles. The van der Waals surface area contributed by atoms with Gasteiger partial charge in [-0.05, 0) is 18.8 Å². The van der Waals surface area contributed by atoms with E-state index in [0.29, 0.717) is 0 Å². The quantitative estimate of drug-likeness (QED) is 0.182. The standard InChI is InChI=1S/C18H32N4O8/c1-7(2)13(21-16(27)12(19)9(5)23)17(28)20-10(6-11(24)25)15(26)22-14(8(3)4)18(29)30/h7-10,12-14,23H,6,19H2,1-5H3,(H,20,28)(H,21,27)(H,22,26)(H,24,25)(H,29,30). The largest absolute Gasteiger partial charge is 0.481 e. The van der Waals surface area contributed by atoms with Gasteiger partial charge >= 0.3 is 11.9 Å². The molecule has 8 N–H and O–H groups in total. The molecule has 0 heterocycles. The summed E-state index contributed by atoms with van der Waals surface area (Å²) in [6.45, 7) is 7.61. The van der Waals surface area contributed by atoms with Crippen LogP contribution >= 0.6 is 0 Å². The molecule has 0 spiro atoms. The maximum absolute atomic E-state index is 12.6. The van der Waals surface area contributed by atoms with Crippen LogP contribution in [0.5, 0.6) is 0 Å². The van der Waals surface area contributed by atoms with Gasteiger partial charge in [0.1, 0.15) is 24.2 Å². The average molecular weight is 432 g/mol. The smallest absolute Gasteiger partial charge is 0.326 e. The van der Waals surface area contributed by atoms with Crippen LogP contribution < -0.4 is 21.7 Å². The van der Waals surface area contributed by atoms with Crippen LogP contribution in [0, 0.1) is 11.8 Å². The van der Waals surface area contributed by atoms with Crippen molar-refractivity contribution in [2.24, 2.45) is 17.6 Å². The molecule has 0 aromatic carbocycles. The molecule has 0 aromatic rings. The van der Waals surface area contributed by atoms with Gasteiger partial charge < -0.3 is 37.0 Å². The molecule has 0 aliphatic heterocycles. The van der Waals surface area contributed by atoms with Gasteiger partial charge in [0, 0.05) is 0 Å². The Kier molecular flexibility index (Phi) is 11.0. The molecule has 0 aliphatic rings. The minimum Gasteiger partial charge on any atom is -0.481 e. The van der Waals surface area contributed by atoms with Crippen molar-refractivity contribution in [3.05, 3.63) is 0 Å². The fourth-order valence-corrected chi connectivity index (χ4v) is 2.42. The summed E-state index contributed by atoms with van der Waals surface area (Å²) in [4.78, 5) is 59.6. The van der Waals surface area contributed by atoms with E-state index in [4.69, 9.17) is 10.8 Å². The summed E-state index contributed by atoms with van der Waals surface area (Å²) in [7, 11) is 0. The van der Waals surface area contributed by atoms with Crippen LogP contribution in [0.25, 0.3) is 0 Å². The molecule has 3 amide bonds. The number of carboxylic acids is 2. The molecule has 5 atom stereocenters. The number of hydrogen-bond donors (Lipinski definition) is 7. The third-order valence-corrected chi connectivity index (χ3v) is 4.31. The number of amides is 3. The molecule has 0 saturated heterocycles. The van der Waals surface area contributed by atoms with Crippen molar-refractivity contribution in [1.82, 2.24) is 16.0 Å². The van der Waals surface area contributed by atoms with Gasteiger partial charge in [-0.2, -0.15) is 0 Å². The molecule has 172 valence electrons. The first-order valence-corrected chi connectivity index (χ1v) is 9.48. The van der Waals surface area contributed by atoms with E-state index in [0.717, 1.165) is 0 Å². The third kappa shape index (κ3) is 8.74. The lowest BCUT2D eigenvalue weighted by atomic mass is 10.0. The van der Waals surface area contributed by atoms with Crippen molar-refractivity contribution in [1.29, 1.82) is 0 Å². The number of hydrogen-bond acceptors (Lipinski definition) is 7. The molecular weight excluding hydrogens is 400 g/mol. The maximum atomic E-state index is 12.6. The Labute approximate surface area is 174 Å². The Morgan fingerprint density at radius 3 is 1.60 bits per heavy atom. The number of carboxylic acid groups (broad SMARTS) is 2. The van der Waals surface area contributed by atoms with Gasteiger partial charge in [0.15, 0.2) is 0 Å². The minimum atomic E-state index is -1.57. The fourth-order valence-electron chi connectivity index (χ4n) is 2.42. The molecule has 0 radical (unpaired) electrons. The summed E-state index contributed by atoms with van der Waals surface area (Å²) < 4.78 is 0. The Morgan fingerprint density at radius 2 is 1.23 bits per heavy atom. The van der Waals surface area contributed by atoms with Gasteiger partial charge in [-0.3, -0.25) is 19.2 Å². The molecule has 0 aromatic heterocycles. The number of aliphatic carboxylic acids is 2. The molecule has 30 heavy (non-hydrogen) atoms. The Hall–Kier alpha value is -2.73. The van der Waals surface area contributed by atoms with Crippen LogP contribution in [0.15, 0.2) is 0 Å². The maximum Gasteiger partial charge on any atom is 0.326 e. The van der Waals surface area contributed by atoms with Crippen molar-refractivity contribution in [2.45, 2.75) is 71.3 Å². The van der Waals surface area contributed by atoms with Gasteiger partial charge in [0.2, 0.25) is 17.7 Å². The monoisotopic (exact) mass is 432 g/mol. The van der Waals surface area contributed by atoms with Crippen molar-refractivity contribution in [3.8, 4) is 0 Å². The molecule has 5 unspecified atom stereocenters. The first-order chi connectivity index (χ1) is 13.7. The van der Waals surface area contributed by atoms with Crippen LogP contribution in [0.4, 0.5) is 0 Å². The van der Waals surface area contributed by atoms with Crippen molar-refractivity contribution in [3.63, 3.8) is 0 Å². The molecule has 12 nitrogen and oxygen atoms in total. The zero-order chi connectivity index (χ0) is 23.8. The third-order valence-electron chi connectivity index (χ3n) is 4.31. The first-order valence-electron chi connectivity index (χ1n) is 9.48. The molecule has 0 fully saturated rings.